The number of rotatable bonds is 4. The first-order valence-electron chi connectivity index (χ1n) is 8.03. The van der Waals surface area contributed by atoms with Crippen molar-refractivity contribution >= 4 is 17.7 Å². The number of carbonyl (C=O) groups is 1. The van der Waals surface area contributed by atoms with E-state index in [0.717, 1.165) is 5.69 Å². The van der Waals surface area contributed by atoms with Gasteiger partial charge in [-0.15, -0.1) is 0 Å². The molecule has 1 amide bonds. The van der Waals surface area contributed by atoms with Crippen LogP contribution >= 0.6 is 0 Å². The largest absolute Gasteiger partial charge is 0.444 e. The topological polar surface area (TPSA) is 88.7 Å². The highest BCUT2D eigenvalue weighted by Crippen LogP contribution is 2.14. The molecule has 0 saturated carbocycles. The molecule has 0 aliphatic heterocycles. The number of anilines is 1. The molecule has 0 heterocycles. The quantitative estimate of drug-likeness (QED) is 0.582. The minimum atomic E-state index is -0.572. The average molecular weight is 334 g/mol. The molecule has 0 spiro atoms. The van der Waals surface area contributed by atoms with Crippen molar-refractivity contribution < 1.29 is 9.53 Å². The summed E-state index contributed by atoms with van der Waals surface area (Å²) in [6, 6.07) is 6.00. The van der Waals surface area contributed by atoms with Gasteiger partial charge in [-0.1, -0.05) is 6.07 Å². The number of aryl methyl sites for hydroxylation is 2. The lowest BCUT2D eigenvalue weighted by Gasteiger charge is -2.27. The fraction of sp³-hybridized carbons (Fsp3) is 0.556. The molecule has 0 radical (unpaired) electrons. The van der Waals surface area contributed by atoms with Crippen LogP contribution in [0.5, 0.6) is 0 Å². The highest BCUT2D eigenvalue weighted by molar-refractivity contribution is 5.92. The summed E-state index contributed by atoms with van der Waals surface area (Å²) in [6.45, 7) is 13.6. The number of nitrogens with one attached hydrogen (secondary N) is 2. The Bertz CT molecular complexity index is 616. The van der Waals surface area contributed by atoms with Crippen LogP contribution in [0.15, 0.2) is 23.2 Å². The second-order valence-electron chi connectivity index (χ2n) is 7.64. The van der Waals surface area contributed by atoms with Gasteiger partial charge in [0.25, 0.3) is 0 Å². The van der Waals surface area contributed by atoms with Crippen LogP contribution in [0.3, 0.4) is 0 Å². The predicted molar refractivity (Wildman–Crippen MR) is 99.5 cm³/mol. The Morgan fingerprint density at radius 2 is 1.79 bits per heavy atom. The van der Waals surface area contributed by atoms with E-state index >= 15 is 0 Å². The van der Waals surface area contributed by atoms with Gasteiger partial charge in [0.15, 0.2) is 5.96 Å². The van der Waals surface area contributed by atoms with Crippen LogP contribution in [0.2, 0.25) is 0 Å². The summed E-state index contributed by atoms with van der Waals surface area (Å²) in [5.74, 6) is 0.303. The van der Waals surface area contributed by atoms with Crippen molar-refractivity contribution in [2.24, 2.45) is 10.7 Å². The molecule has 6 nitrogen and oxygen atoms in total. The average Bonchev–Trinajstić information content (AvgIpc) is 2.38. The molecular weight excluding hydrogens is 304 g/mol. The first kappa shape index (κ1) is 19.8. The number of nitrogens with zero attached hydrogens (tertiary/aromatic N) is 1. The van der Waals surface area contributed by atoms with Gasteiger partial charge in [0.05, 0.1) is 12.1 Å². The SMILES string of the molecule is Cc1ccc(NC(N)=NCC(C)(C)NC(=O)OC(C)(C)C)cc1C. The van der Waals surface area contributed by atoms with Crippen LogP contribution in [0.1, 0.15) is 45.7 Å². The summed E-state index contributed by atoms with van der Waals surface area (Å²) in [5.41, 5.74) is 8.11. The molecule has 0 bridgehead atoms. The fourth-order valence-electron chi connectivity index (χ4n) is 1.91. The third kappa shape index (κ3) is 7.35. The van der Waals surface area contributed by atoms with E-state index in [0.29, 0.717) is 12.5 Å². The van der Waals surface area contributed by atoms with Gasteiger partial charge in [-0.2, -0.15) is 0 Å². The maximum atomic E-state index is 11.9. The molecular formula is C18H30N4O2. The molecule has 0 fully saturated rings. The minimum absolute atomic E-state index is 0.303. The third-order valence-electron chi connectivity index (χ3n) is 3.26. The minimum Gasteiger partial charge on any atom is -0.444 e. The first-order chi connectivity index (χ1) is 10.9. The van der Waals surface area contributed by atoms with Crippen LogP contribution in [0.25, 0.3) is 0 Å². The molecule has 0 aromatic heterocycles. The van der Waals surface area contributed by atoms with Crippen LogP contribution in [-0.4, -0.2) is 29.7 Å². The second-order valence-corrected chi connectivity index (χ2v) is 7.64. The highest BCUT2D eigenvalue weighted by atomic mass is 16.6. The third-order valence-corrected chi connectivity index (χ3v) is 3.26. The number of alkyl carbamates (subject to hydrolysis) is 1. The summed E-state index contributed by atoms with van der Waals surface area (Å²) in [4.78, 5) is 16.2. The van der Waals surface area contributed by atoms with E-state index < -0.39 is 17.2 Å². The molecule has 0 saturated heterocycles. The Labute approximate surface area is 144 Å². The summed E-state index contributed by atoms with van der Waals surface area (Å²) in [6.07, 6.45) is -0.469. The summed E-state index contributed by atoms with van der Waals surface area (Å²) in [7, 11) is 0. The number of benzene rings is 1. The van der Waals surface area contributed by atoms with E-state index in [1.807, 2.05) is 59.7 Å². The van der Waals surface area contributed by atoms with Gasteiger partial charge in [0, 0.05) is 5.69 Å². The van der Waals surface area contributed by atoms with E-state index in [2.05, 4.69) is 22.5 Å². The van der Waals surface area contributed by atoms with E-state index in [-0.39, 0.29) is 0 Å². The summed E-state index contributed by atoms with van der Waals surface area (Å²) < 4.78 is 5.26. The Morgan fingerprint density at radius 1 is 1.17 bits per heavy atom. The van der Waals surface area contributed by atoms with E-state index in [1.165, 1.54) is 11.1 Å². The smallest absolute Gasteiger partial charge is 0.408 e. The van der Waals surface area contributed by atoms with E-state index in [9.17, 15) is 4.79 Å². The number of aliphatic imine (C=N–C) groups is 1. The summed E-state index contributed by atoms with van der Waals surface area (Å²) in [5, 5.41) is 5.85. The lowest BCUT2D eigenvalue weighted by molar-refractivity contribution is 0.0476. The number of hydrogen-bond acceptors (Lipinski definition) is 3. The number of hydrogen-bond donors (Lipinski definition) is 3. The van der Waals surface area contributed by atoms with Gasteiger partial charge in [0.1, 0.15) is 5.60 Å². The number of guanidine groups is 1. The molecule has 6 heteroatoms. The van der Waals surface area contributed by atoms with Gasteiger partial charge in [-0.3, -0.25) is 4.99 Å². The monoisotopic (exact) mass is 334 g/mol. The van der Waals surface area contributed by atoms with E-state index in [1.54, 1.807) is 0 Å². The van der Waals surface area contributed by atoms with Crippen molar-refractivity contribution in [1.82, 2.24) is 5.32 Å². The maximum Gasteiger partial charge on any atom is 0.408 e. The molecule has 1 aromatic rings. The Kier molecular flexibility index (Phi) is 6.23. The lowest BCUT2D eigenvalue weighted by atomic mass is 10.1. The zero-order chi connectivity index (χ0) is 18.5. The van der Waals surface area contributed by atoms with Crippen molar-refractivity contribution in [2.75, 3.05) is 11.9 Å². The van der Waals surface area contributed by atoms with Gasteiger partial charge >= 0.3 is 6.09 Å². The molecule has 0 aliphatic rings. The number of ether oxygens (including phenoxy) is 1. The maximum absolute atomic E-state index is 11.9. The zero-order valence-electron chi connectivity index (χ0n) is 15.8. The summed E-state index contributed by atoms with van der Waals surface area (Å²) >= 11 is 0. The Balaban J connectivity index is 2.61. The molecule has 4 N–H and O–H groups in total. The first-order valence-corrected chi connectivity index (χ1v) is 8.03. The van der Waals surface area contributed by atoms with Gasteiger partial charge in [-0.25, -0.2) is 4.79 Å². The normalized spacial score (nSPS) is 12.7. The predicted octanol–water partition coefficient (Wildman–Crippen LogP) is 3.33. The lowest BCUT2D eigenvalue weighted by Crippen LogP contribution is -2.48. The zero-order valence-corrected chi connectivity index (χ0v) is 15.8. The fourth-order valence-corrected chi connectivity index (χ4v) is 1.91. The molecule has 1 aromatic carbocycles. The Morgan fingerprint density at radius 3 is 2.33 bits per heavy atom. The van der Waals surface area contributed by atoms with Crippen LogP contribution in [0, 0.1) is 13.8 Å². The van der Waals surface area contributed by atoms with Crippen molar-refractivity contribution in [3.63, 3.8) is 0 Å². The Hall–Kier alpha value is -2.24. The molecule has 1 rings (SSSR count). The number of nitrogens with two attached hydrogens (primary N) is 1. The number of amides is 1. The number of carbonyl (C=O) groups excluding carboxylic acids is 1. The van der Waals surface area contributed by atoms with Gasteiger partial charge < -0.3 is 21.1 Å². The van der Waals surface area contributed by atoms with Crippen molar-refractivity contribution in [3.8, 4) is 0 Å². The molecule has 134 valence electrons. The van der Waals surface area contributed by atoms with Crippen LogP contribution in [0.4, 0.5) is 10.5 Å². The van der Waals surface area contributed by atoms with Gasteiger partial charge in [-0.05, 0) is 71.7 Å². The second kappa shape index (κ2) is 7.55. The van der Waals surface area contributed by atoms with E-state index in [4.69, 9.17) is 10.5 Å². The molecule has 0 atom stereocenters. The molecule has 24 heavy (non-hydrogen) atoms. The standard InChI is InChI=1S/C18H30N4O2/c1-12-8-9-14(10-13(12)2)21-15(19)20-11-18(6,7)22-16(23)24-17(3,4)5/h8-10H,11H2,1-7H3,(H,22,23)(H3,19,20,21). The molecule has 0 unspecified atom stereocenters. The van der Waals surface area contributed by atoms with Crippen molar-refractivity contribution in [1.29, 1.82) is 0 Å². The van der Waals surface area contributed by atoms with Crippen LogP contribution in [-0.2, 0) is 4.74 Å². The van der Waals surface area contributed by atoms with Crippen LogP contribution < -0.4 is 16.4 Å². The molecule has 0 aliphatic carbocycles. The van der Waals surface area contributed by atoms with Gasteiger partial charge in [0.2, 0.25) is 0 Å². The highest BCUT2D eigenvalue weighted by Gasteiger charge is 2.24. The van der Waals surface area contributed by atoms with Crippen molar-refractivity contribution in [3.05, 3.63) is 29.3 Å². The van der Waals surface area contributed by atoms with Crippen molar-refractivity contribution in [2.45, 2.75) is 59.6 Å².